The van der Waals surface area contributed by atoms with E-state index in [1.54, 1.807) is 6.92 Å². The molecule has 1 aliphatic carbocycles. The maximum atomic E-state index is 12.2. The first-order valence-corrected chi connectivity index (χ1v) is 7.89. The molecule has 2 rings (SSSR count). The van der Waals surface area contributed by atoms with Gasteiger partial charge in [0.1, 0.15) is 5.75 Å². The fraction of sp³-hybridized carbons (Fsp3) is 0.588. The molecule has 0 spiro atoms. The Hall–Kier alpha value is -1.55. The number of para-hydroxylation sites is 1. The van der Waals surface area contributed by atoms with Gasteiger partial charge in [0.05, 0.1) is 0 Å². The minimum atomic E-state index is -0.508. The summed E-state index contributed by atoms with van der Waals surface area (Å²) < 4.78 is 5.82. The van der Waals surface area contributed by atoms with Crippen molar-refractivity contribution in [2.24, 2.45) is 5.73 Å². The van der Waals surface area contributed by atoms with Crippen LogP contribution in [-0.4, -0.2) is 18.1 Å². The summed E-state index contributed by atoms with van der Waals surface area (Å²) in [5.41, 5.74) is 6.86. The zero-order valence-electron chi connectivity index (χ0n) is 13.0. The number of ether oxygens (including phenoxy) is 1. The van der Waals surface area contributed by atoms with Crippen molar-refractivity contribution in [3.8, 4) is 5.75 Å². The maximum Gasteiger partial charge on any atom is 0.260 e. The number of benzene rings is 1. The number of carbonyl (C=O) groups is 1. The molecule has 1 aromatic rings. The van der Waals surface area contributed by atoms with E-state index in [4.69, 9.17) is 10.5 Å². The Kier molecular flexibility index (Phi) is 5.62. The van der Waals surface area contributed by atoms with Gasteiger partial charge < -0.3 is 15.8 Å². The number of hydrogen-bond donors (Lipinski definition) is 2. The summed E-state index contributed by atoms with van der Waals surface area (Å²) in [4.78, 5) is 12.2. The first-order valence-electron chi connectivity index (χ1n) is 7.89. The summed E-state index contributed by atoms with van der Waals surface area (Å²) in [6.45, 7) is 3.70. The van der Waals surface area contributed by atoms with E-state index in [0.29, 0.717) is 11.8 Å². The maximum absolute atomic E-state index is 12.2. The van der Waals surface area contributed by atoms with Crippen molar-refractivity contribution < 1.29 is 9.53 Å². The third-order valence-electron chi connectivity index (χ3n) is 4.03. The highest BCUT2D eigenvalue weighted by Gasteiger charge is 2.21. The van der Waals surface area contributed by atoms with Gasteiger partial charge in [0.15, 0.2) is 6.10 Å². The average molecular weight is 290 g/mol. The standard InChI is InChI=1S/C17H26N2O2/c1-12(18)15-10-6-7-11-16(15)21-13(2)17(20)19-14-8-4-3-5-9-14/h6-7,10-14H,3-5,8-9,18H2,1-2H3,(H,19,20)/t12-,13?/m1/s1. The second-order valence-electron chi connectivity index (χ2n) is 5.93. The lowest BCUT2D eigenvalue weighted by Gasteiger charge is -2.25. The van der Waals surface area contributed by atoms with Gasteiger partial charge in [0.25, 0.3) is 5.91 Å². The highest BCUT2D eigenvalue weighted by atomic mass is 16.5. The molecule has 0 aliphatic heterocycles. The van der Waals surface area contributed by atoms with E-state index in [1.165, 1.54) is 19.3 Å². The Bertz CT molecular complexity index is 468. The molecule has 116 valence electrons. The van der Waals surface area contributed by atoms with Crippen molar-refractivity contribution in [1.82, 2.24) is 5.32 Å². The van der Waals surface area contributed by atoms with Gasteiger partial charge in [-0.05, 0) is 32.8 Å². The van der Waals surface area contributed by atoms with Crippen LogP contribution in [0, 0.1) is 0 Å². The van der Waals surface area contributed by atoms with E-state index in [0.717, 1.165) is 18.4 Å². The number of rotatable bonds is 5. The Morgan fingerprint density at radius 3 is 2.57 bits per heavy atom. The third-order valence-corrected chi connectivity index (χ3v) is 4.03. The first kappa shape index (κ1) is 15.8. The molecule has 2 atom stereocenters. The van der Waals surface area contributed by atoms with Crippen molar-refractivity contribution in [2.75, 3.05) is 0 Å². The molecule has 21 heavy (non-hydrogen) atoms. The van der Waals surface area contributed by atoms with Crippen LogP contribution in [0.1, 0.15) is 57.6 Å². The van der Waals surface area contributed by atoms with Gasteiger partial charge in [0.2, 0.25) is 0 Å². The molecule has 0 aromatic heterocycles. The minimum Gasteiger partial charge on any atom is -0.481 e. The minimum absolute atomic E-state index is 0.0404. The van der Waals surface area contributed by atoms with E-state index in [2.05, 4.69) is 5.32 Å². The Morgan fingerprint density at radius 2 is 1.90 bits per heavy atom. The highest BCUT2D eigenvalue weighted by Crippen LogP contribution is 2.24. The number of nitrogens with two attached hydrogens (primary N) is 1. The van der Waals surface area contributed by atoms with Crippen molar-refractivity contribution in [1.29, 1.82) is 0 Å². The van der Waals surface area contributed by atoms with E-state index in [-0.39, 0.29) is 11.9 Å². The van der Waals surface area contributed by atoms with Gasteiger partial charge in [0, 0.05) is 17.6 Å². The van der Waals surface area contributed by atoms with Crippen molar-refractivity contribution in [3.63, 3.8) is 0 Å². The predicted octanol–water partition coefficient (Wildman–Crippen LogP) is 2.92. The zero-order valence-corrected chi connectivity index (χ0v) is 13.0. The molecule has 0 saturated heterocycles. The highest BCUT2D eigenvalue weighted by molar-refractivity contribution is 5.81. The van der Waals surface area contributed by atoms with Crippen molar-refractivity contribution in [2.45, 2.75) is 64.1 Å². The number of carbonyl (C=O) groups excluding carboxylic acids is 1. The molecular weight excluding hydrogens is 264 g/mol. The first-order chi connectivity index (χ1) is 10.1. The largest absolute Gasteiger partial charge is 0.481 e. The lowest BCUT2D eigenvalue weighted by atomic mass is 9.95. The molecule has 1 amide bonds. The lowest BCUT2D eigenvalue weighted by Crippen LogP contribution is -2.43. The van der Waals surface area contributed by atoms with Gasteiger partial charge in [-0.15, -0.1) is 0 Å². The van der Waals surface area contributed by atoms with Gasteiger partial charge in [-0.3, -0.25) is 4.79 Å². The molecule has 0 bridgehead atoms. The molecule has 0 heterocycles. The zero-order chi connectivity index (χ0) is 15.2. The molecule has 1 aromatic carbocycles. The molecular formula is C17H26N2O2. The monoisotopic (exact) mass is 290 g/mol. The average Bonchev–Trinajstić information content (AvgIpc) is 2.48. The molecule has 4 heteroatoms. The van der Waals surface area contributed by atoms with E-state index in [9.17, 15) is 4.79 Å². The number of amides is 1. The summed E-state index contributed by atoms with van der Waals surface area (Å²) in [6.07, 6.45) is 5.33. The van der Waals surface area contributed by atoms with Crippen LogP contribution in [0.4, 0.5) is 0 Å². The molecule has 3 N–H and O–H groups in total. The van der Waals surface area contributed by atoms with Gasteiger partial charge >= 0.3 is 0 Å². The lowest BCUT2D eigenvalue weighted by molar-refractivity contribution is -0.128. The summed E-state index contributed by atoms with van der Waals surface area (Å²) in [5, 5.41) is 3.09. The second kappa shape index (κ2) is 7.46. The molecule has 1 aliphatic rings. The van der Waals surface area contributed by atoms with Gasteiger partial charge in [-0.2, -0.15) is 0 Å². The summed E-state index contributed by atoms with van der Waals surface area (Å²) >= 11 is 0. The van der Waals surface area contributed by atoms with Crippen LogP contribution < -0.4 is 15.8 Å². The van der Waals surface area contributed by atoms with Crippen LogP contribution in [-0.2, 0) is 4.79 Å². The number of hydrogen-bond acceptors (Lipinski definition) is 3. The molecule has 0 radical (unpaired) electrons. The van der Waals surface area contributed by atoms with Crippen LogP contribution >= 0.6 is 0 Å². The molecule has 4 nitrogen and oxygen atoms in total. The second-order valence-corrected chi connectivity index (χ2v) is 5.93. The van der Waals surface area contributed by atoms with Gasteiger partial charge in [-0.25, -0.2) is 0 Å². The molecule has 1 saturated carbocycles. The quantitative estimate of drug-likeness (QED) is 0.876. The summed E-state index contributed by atoms with van der Waals surface area (Å²) in [7, 11) is 0. The van der Waals surface area contributed by atoms with E-state index in [1.807, 2.05) is 31.2 Å². The Morgan fingerprint density at radius 1 is 1.24 bits per heavy atom. The van der Waals surface area contributed by atoms with Crippen LogP contribution in [0.2, 0.25) is 0 Å². The van der Waals surface area contributed by atoms with Gasteiger partial charge in [-0.1, -0.05) is 37.5 Å². The van der Waals surface area contributed by atoms with Crippen molar-refractivity contribution in [3.05, 3.63) is 29.8 Å². The van der Waals surface area contributed by atoms with Crippen LogP contribution in [0.3, 0.4) is 0 Å². The Labute approximate surface area is 127 Å². The Balaban J connectivity index is 1.94. The summed E-state index contributed by atoms with van der Waals surface area (Å²) in [5.74, 6) is 0.653. The normalized spacial score (nSPS) is 18.8. The third kappa shape index (κ3) is 4.46. The fourth-order valence-corrected chi connectivity index (χ4v) is 2.77. The number of nitrogens with one attached hydrogen (secondary N) is 1. The predicted molar refractivity (Wildman–Crippen MR) is 84.2 cm³/mol. The SMILES string of the molecule is CC(Oc1ccccc1[C@@H](C)N)C(=O)NC1CCCCC1. The van der Waals surface area contributed by atoms with E-state index < -0.39 is 6.10 Å². The molecule has 1 unspecified atom stereocenters. The van der Waals surface area contributed by atoms with Crippen LogP contribution in [0.25, 0.3) is 0 Å². The smallest absolute Gasteiger partial charge is 0.260 e. The van der Waals surface area contributed by atoms with Crippen molar-refractivity contribution >= 4 is 5.91 Å². The topological polar surface area (TPSA) is 64.3 Å². The molecule has 1 fully saturated rings. The van der Waals surface area contributed by atoms with Crippen LogP contribution in [0.5, 0.6) is 5.75 Å². The van der Waals surface area contributed by atoms with E-state index >= 15 is 0 Å². The van der Waals surface area contributed by atoms with Crippen LogP contribution in [0.15, 0.2) is 24.3 Å². The summed E-state index contributed by atoms with van der Waals surface area (Å²) in [6, 6.07) is 7.82. The fourth-order valence-electron chi connectivity index (χ4n) is 2.77.